The Morgan fingerprint density at radius 2 is 2.37 bits per heavy atom. The molecule has 0 aromatic carbocycles. The van der Waals surface area contributed by atoms with Gasteiger partial charge in [0.2, 0.25) is 0 Å². The van der Waals surface area contributed by atoms with Crippen molar-refractivity contribution < 1.29 is 9.84 Å². The van der Waals surface area contributed by atoms with Gasteiger partial charge in [-0.15, -0.1) is 11.3 Å². The van der Waals surface area contributed by atoms with Crippen LogP contribution < -0.4 is 4.90 Å². The van der Waals surface area contributed by atoms with Crippen LogP contribution in [-0.2, 0) is 4.74 Å². The van der Waals surface area contributed by atoms with Crippen LogP contribution in [0.25, 0.3) is 10.2 Å². The number of aromatic nitrogens is 2. The number of ether oxygens (including phenoxy) is 1. The Labute approximate surface area is 115 Å². The van der Waals surface area contributed by atoms with Crippen molar-refractivity contribution in [2.45, 2.75) is 26.0 Å². The Morgan fingerprint density at radius 3 is 3.16 bits per heavy atom. The van der Waals surface area contributed by atoms with Gasteiger partial charge in [-0.25, -0.2) is 9.97 Å². The molecule has 6 heteroatoms. The van der Waals surface area contributed by atoms with Gasteiger partial charge >= 0.3 is 0 Å². The number of aliphatic hydroxyl groups is 1. The maximum absolute atomic E-state index is 9.28. The first-order valence-electron chi connectivity index (χ1n) is 6.38. The summed E-state index contributed by atoms with van der Waals surface area (Å²) in [7, 11) is 0. The summed E-state index contributed by atoms with van der Waals surface area (Å²) in [5.41, 5.74) is 2.21. The van der Waals surface area contributed by atoms with Crippen LogP contribution >= 0.6 is 11.3 Å². The van der Waals surface area contributed by atoms with E-state index in [4.69, 9.17) is 4.74 Å². The first-order chi connectivity index (χ1) is 9.20. The average Bonchev–Trinajstić information content (AvgIpc) is 2.81. The molecule has 1 fully saturated rings. The highest BCUT2D eigenvalue weighted by atomic mass is 32.1. The lowest BCUT2D eigenvalue weighted by atomic mass is 10.2. The number of rotatable bonds is 2. The maximum Gasteiger partial charge on any atom is 0.150 e. The largest absolute Gasteiger partial charge is 0.394 e. The summed E-state index contributed by atoms with van der Waals surface area (Å²) in [6.07, 6.45) is 1.48. The summed E-state index contributed by atoms with van der Waals surface area (Å²) < 4.78 is 6.69. The Hall–Kier alpha value is -1.24. The van der Waals surface area contributed by atoms with Gasteiger partial charge in [0.1, 0.15) is 12.1 Å². The van der Waals surface area contributed by atoms with E-state index in [-0.39, 0.29) is 18.8 Å². The smallest absolute Gasteiger partial charge is 0.150 e. The van der Waals surface area contributed by atoms with E-state index in [1.54, 1.807) is 17.7 Å². The van der Waals surface area contributed by atoms with E-state index >= 15 is 0 Å². The highest BCUT2D eigenvalue weighted by Gasteiger charge is 2.28. The molecule has 2 atom stereocenters. The molecule has 0 saturated carbocycles. The van der Waals surface area contributed by atoms with Crippen molar-refractivity contribution in [3.8, 4) is 0 Å². The predicted octanol–water partition coefficient (Wildman–Crippen LogP) is 1.59. The predicted molar refractivity (Wildman–Crippen MR) is 75.8 cm³/mol. The molecule has 3 heterocycles. The third-order valence-corrected chi connectivity index (χ3v) is 4.58. The molecule has 19 heavy (non-hydrogen) atoms. The molecule has 1 aliphatic heterocycles. The molecule has 0 bridgehead atoms. The SMILES string of the molecule is Cc1csc2c(N3CC(CO)OCC3C)ncnc12. The second-order valence-electron chi connectivity index (χ2n) is 4.93. The quantitative estimate of drug-likeness (QED) is 0.904. The monoisotopic (exact) mass is 279 g/mol. The summed E-state index contributed by atoms with van der Waals surface area (Å²) in [6.45, 7) is 5.50. The van der Waals surface area contributed by atoms with Gasteiger partial charge in [0.15, 0.2) is 0 Å². The average molecular weight is 279 g/mol. The van der Waals surface area contributed by atoms with Gasteiger partial charge in [-0.2, -0.15) is 0 Å². The minimum absolute atomic E-state index is 0.0426. The minimum atomic E-state index is -0.137. The number of anilines is 1. The number of aliphatic hydroxyl groups excluding tert-OH is 1. The fourth-order valence-corrected chi connectivity index (χ4v) is 3.39. The lowest BCUT2D eigenvalue weighted by molar-refractivity contribution is -0.0104. The number of hydrogen-bond acceptors (Lipinski definition) is 6. The summed E-state index contributed by atoms with van der Waals surface area (Å²) in [5, 5.41) is 11.4. The Kier molecular flexibility index (Phi) is 3.38. The van der Waals surface area contributed by atoms with E-state index in [9.17, 15) is 5.11 Å². The number of fused-ring (bicyclic) bond motifs is 1. The highest BCUT2D eigenvalue weighted by Crippen LogP contribution is 2.32. The number of hydrogen-bond donors (Lipinski definition) is 1. The van der Waals surface area contributed by atoms with Crippen LogP contribution in [0.1, 0.15) is 12.5 Å². The van der Waals surface area contributed by atoms with E-state index in [0.29, 0.717) is 13.2 Å². The third kappa shape index (κ3) is 2.20. The molecule has 2 unspecified atom stereocenters. The van der Waals surface area contributed by atoms with Gasteiger partial charge in [0, 0.05) is 6.54 Å². The molecule has 1 saturated heterocycles. The van der Waals surface area contributed by atoms with Crippen molar-refractivity contribution in [2.75, 3.05) is 24.7 Å². The van der Waals surface area contributed by atoms with Crippen LogP contribution in [0.3, 0.4) is 0 Å². The van der Waals surface area contributed by atoms with E-state index in [0.717, 1.165) is 16.0 Å². The van der Waals surface area contributed by atoms with Crippen molar-refractivity contribution in [1.82, 2.24) is 9.97 Å². The zero-order valence-electron chi connectivity index (χ0n) is 11.0. The summed E-state index contributed by atoms with van der Waals surface area (Å²) in [6, 6.07) is 0.253. The molecule has 0 radical (unpaired) electrons. The number of nitrogens with zero attached hydrogens (tertiary/aromatic N) is 3. The van der Waals surface area contributed by atoms with Crippen molar-refractivity contribution in [3.63, 3.8) is 0 Å². The van der Waals surface area contributed by atoms with E-state index in [1.165, 1.54) is 5.56 Å². The summed E-state index contributed by atoms with van der Waals surface area (Å²) in [4.78, 5) is 11.0. The molecule has 3 rings (SSSR count). The van der Waals surface area contributed by atoms with Crippen LogP contribution in [0.15, 0.2) is 11.7 Å². The van der Waals surface area contributed by atoms with E-state index < -0.39 is 0 Å². The molecule has 2 aromatic rings. The van der Waals surface area contributed by atoms with Crippen LogP contribution in [0.2, 0.25) is 0 Å². The van der Waals surface area contributed by atoms with Crippen LogP contribution in [0.4, 0.5) is 5.82 Å². The zero-order valence-corrected chi connectivity index (χ0v) is 11.9. The number of thiophene rings is 1. The fourth-order valence-electron chi connectivity index (χ4n) is 2.38. The Balaban J connectivity index is 2.02. The normalized spacial score (nSPS) is 24.1. The van der Waals surface area contributed by atoms with Crippen molar-refractivity contribution in [3.05, 3.63) is 17.3 Å². The zero-order chi connectivity index (χ0) is 13.4. The van der Waals surface area contributed by atoms with E-state index in [2.05, 4.69) is 34.1 Å². The topological polar surface area (TPSA) is 58.5 Å². The highest BCUT2D eigenvalue weighted by molar-refractivity contribution is 7.18. The molecular weight excluding hydrogens is 262 g/mol. The van der Waals surface area contributed by atoms with Crippen molar-refractivity contribution >= 4 is 27.4 Å². The van der Waals surface area contributed by atoms with Gasteiger partial charge in [-0.3, -0.25) is 0 Å². The lowest BCUT2D eigenvalue weighted by Crippen LogP contribution is -2.50. The minimum Gasteiger partial charge on any atom is -0.394 e. The fraction of sp³-hybridized carbons (Fsp3) is 0.538. The van der Waals surface area contributed by atoms with Crippen molar-refractivity contribution in [1.29, 1.82) is 0 Å². The Morgan fingerprint density at radius 1 is 1.53 bits per heavy atom. The van der Waals surface area contributed by atoms with E-state index in [1.807, 2.05) is 0 Å². The van der Waals surface area contributed by atoms with Gasteiger partial charge < -0.3 is 14.7 Å². The van der Waals surface area contributed by atoms with Gasteiger partial charge in [-0.1, -0.05) is 0 Å². The molecule has 0 amide bonds. The van der Waals surface area contributed by atoms with Crippen LogP contribution in [0, 0.1) is 6.92 Å². The molecule has 0 aliphatic carbocycles. The van der Waals surface area contributed by atoms with Gasteiger partial charge in [0.05, 0.1) is 35.6 Å². The molecule has 1 aliphatic rings. The molecule has 1 N–H and O–H groups in total. The standard InChI is InChI=1S/C13H17N3O2S/c1-8-6-19-12-11(8)14-7-15-13(12)16-3-10(4-17)18-5-9(16)2/h6-7,9-10,17H,3-5H2,1-2H3. The second-order valence-corrected chi connectivity index (χ2v) is 5.81. The molecule has 5 nitrogen and oxygen atoms in total. The number of morpholine rings is 1. The summed E-state index contributed by atoms with van der Waals surface area (Å²) in [5.74, 6) is 0.956. The number of aryl methyl sites for hydroxylation is 1. The van der Waals surface area contributed by atoms with Crippen molar-refractivity contribution in [2.24, 2.45) is 0 Å². The molecule has 0 spiro atoms. The molecule has 2 aromatic heterocycles. The van der Waals surface area contributed by atoms with Gasteiger partial charge in [0.25, 0.3) is 0 Å². The van der Waals surface area contributed by atoms with Crippen LogP contribution in [0.5, 0.6) is 0 Å². The third-order valence-electron chi connectivity index (χ3n) is 3.49. The molecular formula is C13H17N3O2S. The first kappa shape index (κ1) is 12.8. The second kappa shape index (κ2) is 5.03. The van der Waals surface area contributed by atoms with Gasteiger partial charge in [-0.05, 0) is 24.8 Å². The first-order valence-corrected chi connectivity index (χ1v) is 7.26. The van der Waals surface area contributed by atoms with Crippen LogP contribution in [-0.4, -0.2) is 47.0 Å². The Bertz CT molecular complexity index is 586. The summed E-state index contributed by atoms with van der Waals surface area (Å²) >= 11 is 1.68. The molecule has 102 valence electrons. The lowest BCUT2D eigenvalue weighted by Gasteiger charge is -2.38. The maximum atomic E-state index is 9.28.